The molecule has 90 valence electrons. The Kier molecular flexibility index (Phi) is 2.95. The maximum absolute atomic E-state index is 11.3. The van der Waals surface area contributed by atoms with Gasteiger partial charge in [-0.15, -0.1) is 0 Å². The Labute approximate surface area is 96.5 Å². The zero-order chi connectivity index (χ0) is 11.9. The molecule has 6 heteroatoms. The zero-order valence-corrected chi connectivity index (χ0v) is 10.0. The number of fused-ring (bicyclic) bond motifs is 2. The number of nitriles is 1. The number of hydrogen-bond donors (Lipinski definition) is 2. The number of hydrogen-bond acceptors (Lipinski definition) is 5. The van der Waals surface area contributed by atoms with Crippen molar-refractivity contribution < 1.29 is 13.2 Å². The van der Waals surface area contributed by atoms with Gasteiger partial charge < -0.3 is 10.5 Å². The van der Waals surface area contributed by atoms with Crippen LogP contribution in [0.3, 0.4) is 0 Å². The molecule has 2 aliphatic carbocycles. The molecule has 5 atom stereocenters. The van der Waals surface area contributed by atoms with E-state index in [1.54, 1.807) is 0 Å². The standard InChI is InChI=1S/C10H16N2O3S/c1-2-15-9-7-3-6(8(9)12)4-10(7,5-11)16(13)14/h6-9,16H,2-4,12H2,1H3. The first-order valence-electron chi connectivity index (χ1n) is 5.49. The number of nitrogens with zero attached hydrogens (tertiary/aromatic N) is 1. The Morgan fingerprint density at radius 3 is 2.75 bits per heavy atom. The van der Waals surface area contributed by atoms with E-state index in [1.165, 1.54) is 0 Å². The molecule has 0 spiro atoms. The molecule has 0 aliphatic heterocycles. The van der Waals surface area contributed by atoms with Crippen LogP contribution in [0.2, 0.25) is 0 Å². The Hall–Kier alpha value is -0.640. The normalized spacial score (nSPS) is 46.1. The van der Waals surface area contributed by atoms with Gasteiger partial charge in [0.25, 0.3) is 0 Å². The molecule has 0 saturated heterocycles. The predicted octanol–water partition coefficient (Wildman–Crippen LogP) is -0.368. The van der Waals surface area contributed by atoms with Gasteiger partial charge in [-0.25, -0.2) is 8.42 Å². The van der Waals surface area contributed by atoms with Crippen molar-refractivity contribution in [2.75, 3.05) is 6.61 Å². The van der Waals surface area contributed by atoms with Gasteiger partial charge in [0.2, 0.25) is 0 Å². The number of nitrogens with two attached hydrogens (primary N) is 1. The maximum Gasteiger partial charge on any atom is 0.161 e. The molecule has 16 heavy (non-hydrogen) atoms. The molecular formula is C10H16N2O3S. The number of rotatable bonds is 3. The lowest BCUT2D eigenvalue weighted by Gasteiger charge is -2.35. The van der Waals surface area contributed by atoms with Gasteiger partial charge in [0, 0.05) is 18.6 Å². The second kappa shape index (κ2) is 3.99. The Morgan fingerprint density at radius 2 is 2.31 bits per heavy atom. The van der Waals surface area contributed by atoms with Gasteiger partial charge in [-0.3, -0.25) is 0 Å². The van der Waals surface area contributed by atoms with Crippen LogP contribution in [0.5, 0.6) is 0 Å². The highest BCUT2D eigenvalue weighted by Gasteiger charge is 2.62. The summed E-state index contributed by atoms with van der Waals surface area (Å²) in [4.78, 5) is 0. The van der Waals surface area contributed by atoms with Crippen LogP contribution >= 0.6 is 0 Å². The average molecular weight is 244 g/mol. The van der Waals surface area contributed by atoms with Crippen molar-refractivity contribution in [2.24, 2.45) is 17.6 Å². The highest BCUT2D eigenvalue weighted by molar-refractivity contribution is 7.74. The fourth-order valence-corrected chi connectivity index (χ4v) is 4.18. The summed E-state index contributed by atoms with van der Waals surface area (Å²) in [6, 6.07) is 1.86. The monoisotopic (exact) mass is 244 g/mol. The summed E-state index contributed by atoms with van der Waals surface area (Å²) in [5.41, 5.74) is 5.99. The zero-order valence-electron chi connectivity index (χ0n) is 9.13. The summed E-state index contributed by atoms with van der Waals surface area (Å²) in [6.45, 7) is 2.35. The average Bonchev–Trinajstić information content (AvgIpc) is 2.77. The van der Waals surface area contributed by atoms with E-state index in [0.29, 0.717) is 19.4 Å². The van der Waals surface area contributed by atoms with Crippen LogP contribution < -0.4 is 5.73 Å². The maximum atomic E-state index is 11.3. The summed E-state index contributed by atoms with van der Waals surface area (Å²) in [5, 5.41) is 9.15. The van der Waals surface area contributed by atoms with Crippen molar-refractivity contribution in [3.8, 4) is 6.07 Å². The molecule has 0 radical (unpaired) electrons. The molecule has 5 unspecified atom stereocenters. The molecule has 2 rings (SSSR count). The lowest BCUT2D eigenvalue weighted by atomic mass is 9.84. The van der Waals surface area contributed by atoms with Crippen molar-refractivity contribution in [2.45, 2.75) is 36.7 Å². The van der Waals surface area contributed by atoms with Crippen LogP contribution in [-0.4, -0.2) is 31.9 Å². The van der Waals surface area contributed by atoms with Crippen molar-refractivity contribution >= 4 is 10.7 Å². The summed E-state index contributed by atoms with van der Waals surface area (Å²) < 4.78 is 26.9. The van der Waals surface area contributed by atoms with E-state index < -0.39 is 15.5 Å². The fourth-order valence-electron chi connectivity index (χ4n) is 3.19. The van der Waals surface area contributed by atoms with Crippen molar-refractivity contribution in [1.29, 1.82) is 5.26 Å². The minimum Gasteiger partial charge on any atom is -0.376 e. The van der Waals surface area contributed by atoms with Crippen molar-refractivity contribution in [3.05, 3.63) is 0 Å². The van der Waals surface area contributed by atoms with E-state index in [4.69, 9.17) is 15.7 Å². The smallest absolute Gasteiger partial charge is 0.161 e. The number of ether oxygens (including phenoxy) is 1. The molecular weight excluding hydrogens is 228 g/mol. The van der Waals surface area contributed by atoms with E-state index >= 15 is 0 Å². The largest absolute Gasteiger partial charge is 0.376 e. The predicted molar refractivity (Wildman–Crippen MR) is 58.3 cm³/mol. The lowest BCUT2D eigenvalue weighted by Crippen LogP contribution is -2.52. The quantitative estimate of drug-likeness (QED) is 0.661. The molecule has 0 amide bonds. The van der Waals surface area contributed by atoms with Gasteiger partial charge in [0.15, 0.2) is 15.5 Å². The Morgan fingerprint density at radius 1 is 1.62 bits per heavy atom. The van der Waals surface area contributed by atoms with Crippen LogP contribution in [0, 0.1) is 23.2 Å². The molecule has 2 saturated carbocycles. The first kappa shape index (κ1) is 11.8. The summed E-state index contributed by atoms with van der Waals surface area (Å²) >= 11 is 0. The first-order chi connectivity index (χ1) is 7.56. The third-order valence-electron chi connectivity index (χ3n) is 3.94. The van der Waals surface area contributed by atoms with Crippen molar-refractivity contribution in [1.82, 2.24) is 0 Å². The molecule has 0 aromatic heterocycles. The summed E-state index contributed by atoms with van der Waals surface area (Å²) in [6.07, 6.45) is 0.789. The van der Waals surface area contributed by atoms with Crippen LogP contribution in [-0.2, 0) is 15.4 Å². The SMILES string of the molecule is CCOC1C(N)C2CC1C(C#N)([SH](=O)=O)C2. The Balaban J connectivity index is 2.33. The van der Waals surface area contributed by atoms with Crippen LogP contribution in [0.4, 0.5) is 0 Å². The van der Waals surface area contributed by atoms with Gasteiger partial charge in [0.1, 0.15) is 0 Å². The molecule has 0 heterocycles. The van der Waals surface area contributed by atoms with Gasteiger partial charge in [-0.05, 0) is 25.7 Å². The first-order valence-corrected chi connectivity index (χ1v) is 6.67. The highest BCUT2D eigenvalue weighted by atomic mass is 32.2. The fraction of sp³-hybridized carbons (Fsp3) is 0.900. The van der Waals surface area contributed by atoms with Gasteiger partial charge in [-0.2, -0.15) is 5.26 Å². The Bertz CT molecular complexity index is 395. The summed E-state index contributed by atoms with van der Waals surface area (Å²) in [7, 11) is -2.75. The molecule has 0 aromatic rings. The summed E-state index contributed by atoms with van der Waals surface area (Å²) in [5.74, 6) is -0.146. The second-order valence-electron chi connectivity index (χ2n) is 4.60. The minimum absolute atomic E-state index is 0.106. The third kappa shape index (κ3) is 1.39. The minimum atomic E-state index is -2.75. The second-order valence-corrected chi connectivity index (χ2v) is 5.91. The molecule has 2 bridgehead atoms. The molecule has 2 N–H and O–H groups in total. The van der Waals surface area contributed by atoms with Gasteiger partial charge in [-0.1, -0.05) is 0 Å². The topological polar surface area (TPSA) is 93.2 Å². The van der Waals surface area contributed by atoms with E-state index in [9.17, 15) is 8.42 Å². The molecule has 0 aromatic carbocycles. The third-order valence-corrected chi connectivity index (χ3v) is 5.21. The van der Waals surface area contributed by atoms with E-state index in [2.05, 4.69) is 0 Å². The number of thiol groups is 1. The van der Waals surface area contributed by atoms with Crippen molar-refractivity contribution in [3.63, 3.8) is 0 Å². The highest BCUT2D eigenvalue weighted by Crippen LogP contribution is 2.52. The van der Waals surface area contributed by atoms with E-state index in [0.717, 1.165) is 0 Å². The van der Waals surface area contributed by atoms with E-state index in [1.807, 2.05) is 13.0 Å². The van der Waals surface area contributed by atoms with Gasteiger partial charge >= 0.3 is 0 Å². The van der Waals surface area contributed by atoms with E-state index in [-0.39, 0.29) is 24.0 Å². The van der Waals surface area contributed by atoms with Crippen LogP contribution in [0.15, 0.2) is 0 Å². The molecule has 2 fully saturated rings. The molecule has 2 aliphatic rings. The lowest BCUT2D eigenvalue weighted by molar-refractivity contribution is 0.00628. The molecule has 5 nitrogen and oxygen atoms in total. The van der Waals surface area contributed by atoms with Crippen LogP contribution in [0.25, 0.3) is 0 Å². The van der Waals surface area contributed by atoms with Gasteiger partial charge in [0.05, 0.1) is 12.2 Å². The van der Waals surface area contributed by atoms with Crippen LogP contribution in [0.1, 0.15) is 19.8 Å².